The topological polar surface area (TPSA) is 40.7 Å². The Morgan fingerprint density at radius 2 is 2.50 bits per heavy atom. The second-order valence-electron chi connectivity index (χ2n) is 3.48. The van der Waals surface area contributed by atoms with Crippen LogP contribution in [0.3, 0.4) is 0 Å². The predicted molar refractivity (Wildman–Crippen MR) is 68.0 cm³/mol. The van der Waals surface area contributed by atoms with Gasteiger partial charge in [-0.3, -0.25) is 0 Å². The number of aromatic nitrogens is 2. The van der Waals surface area contributed by atoms with Crippen molar-refractivity contribution in [3.05, 3.63) is 39.6 Å². The highest BCUT2D eigenvalue weighted by Gasteiger charge is 2.16. The Labute approximate surface area is 104 Å². The van der Waals surface area contributed by atoms with Gasteiger partial charge in [0.05, 0.1) is 11.1 Å². The van der Waals surface area contributed by atoms with Crippen LogP contribution in [0.15, 0.2) is 23.8 Å². The molecule has 0 fully saturated rings. The SMILES string of the molecule is CCNC(Cc1ncc[nH]1)c1sccc1Cl. The Kier molecular flexibility index (Phi) is 3.98. The number of nitrogens with one attached hydrogen (secondary N) is 2. The van der Waals surface area contributed by atoms with Crippen LogP contribution in [0.25, 0.3) is 0 Å². The summed E-state index contributed by atoms with van der Waals surface area (Å²) in [6, 6.07) is 2.18. The number of hydrogen-bond acceptors (Lipinski definition) is 3. The number of halogens is 1. The molecule has 1 atom stereocenters. The molecule has 0 aliphatic carbocycles. The summed E-state index contributed by atoms with van der Waals surface area (Å²) in [5.74, 6) is 0.982. The van der Waals surface area contributed by atoms with Crippen molar-refractivity contribution in [3.8, 4) is 0 Å². The van der Waals surface area contributed by atoms with Gasteiger partial charge in [-0.2, -0.15) is 0 Å². The third kappa shape index (κ3) is 2.64. The standard InChI is InChI=1S/C11H14ClN3S/c1-2-13-9(7-10-14-4-5-15-10)11-8(12)3-6-16-11/h3-6,9,13H,2,7H2,1H3,(H,14,15). The molecule has 0 saturated carbocycles. The molecule has 2 heterocycles. The van der Waals surface area contributed by atoms with Crippen molar-refractivity contribution in [1.29, 1.82) is 0 Å². The Balaban J connectivity index is 2.14. The minimum Gasteiger partial charge on any atom is -0.349 e. The normalized spacial score (nSPS) is 12.9. The number of likely N-dealkylation sites (N-methyl/N-ethyl adjacent to an activating group) is 1. The summed E-state index contributed by atoms with van der Waals surface area (Å²) >= 11 is 7.83. The quantitative estimate of drug-likeness (QED) is 0.862. The van der Waals surface area contributed by atoms with Gasteiger partial charge in [-0.25, -0.2) is 4.98 Å². The van der Waals surface area contributed by atoms with Crippen molar-refractivity contribution in [3.63, 3.8) is 0 Å². The van der Waals surface area contributed by atoms with Gasteiger partial charge in [-0.1, -0.05) is 18.5 Å². The number of H-pyrrole nitrogens is 1. The number of hydrogen-bond donors (Lipinski definition) is 2. The van der Waals surface area contributed by atoms with Gasteiger partial charge in [0.15, 0.2) is 0 Å². The van der Waals surface area contributed by atoms with Crippen LogP contribution in [0.2, 0.25) is 5.02 Å². The van der Waals surface area contributed by atoms with Crippen LogP contribution in [0.1, 0.15) is 23.7 Å². The first-order chi connectivity index (χ1) is 7.81. The van der Waals surface area contributed by atoms with Crippen LogP contribution in [0.4, 0.5) is 0 Å². The maximum absolute atomic E-state index is 6.15. The minimum absolute atomic E-state index is 0.239. The van der Waals surface area contributed by atoms with E-state index < -0.39 is 0 Å². The van der Waals surface area contributed by atoms with E-state index in [2.05, 4.69) is 22.2 Å². The van der Waals surface area contributed by atoms with Gasteiger partial charge in [0.1, 0.15) is 5.82 Å². The highest BCUT2D eigenvalue weighted by molar-refractivity contribution is 7.10. The van der Waals surface area contributed by atoms with Crippen LogP contribution >= 0.6 is 22.9 Å². The Bertz CT molecular complexity index is 424. The van der Waals surface area contributed by atoms with Gasteiger partial charge in [-0.15, -0.1) is 11.3 Å². The van der Waals surface area contributed by atoms with Crippen LogP contribution < -0.4 is 5.32 Å². The third-order valence-electron chi connectivity index (χ3n) is 2.36. The fraction of sp³-hybridized carbons (Fsp3) is 0.364. The van der Waals surface area contributed by atoms with Crippen LogP contribution in [0.5, 0.6) is 0 Å². The molecule has 2 aromatic heterocycles. The van der Waals surface area contributed by atoms with E-state index in [4.69, 9.17) is 11.6 Å². The van der Waals surface area contributed by atoms with E-state index in [-0.39, 0.29) is 6.04 Å². The van der Waals surface area contributed by atoms with Gasteiger partial charge in [0, 0.05) is 23.7 Å². The lowest BCUT2D eigenvalue weighted by Gasteiger charge is -2.15. The molecule has 5 heteroatoms. The molecule has 0 amide bonds. The third-order valence-corrected chi connectivity index (χ3v) is 3.84. The summed E-state index contributed by atoms with van der Waals surface area (Å²) in [5, 5.41) is 6.28. The fourth-order valence-corrected chi connectivity index (χ4v) is 2.93. The lowest BCUT2D eigenvalue weighted by atomic mass is 10.1. The molecule has 0 bridgehead atoms. The molecule has 0 aliphatic rings. The Morgan fingerprint density at radius 1 is 1.62 bits per heavy atom. The summed E-state index contributed by atoms with van der Waals surface area (Å²) in [4.78, 5) is 8.54. The molecule has 0 radical (unpaired) electrons. The van der Waals surface area contributed by atoms with Crippen molar-refractivity contribution in [1.82, 2.24) is 15.3 Å². The van der Waals surface area contributed by atoms with Crippen molar-refractivity contribution < 1.29 is 0 Å². The molecule has 0 spiro atoms. The van der Waals surface area contributed by atoms with Gasteiger partial charge < -0.3 is 10.3 Å². The summed E-state index contributed by atoms with van der Waals surface area (Å²) in [6.07, 6.45) is 4.45. The van der Waals surface area contributed by atoms with E-state index in [1.807, 2.05) is 17.6 Å². The lowest BCUT2D eigenvalue weighted by Crippen LogP contribution is -2.22. The number of thiophene rings is 1. The van der Waals surface area contributed by atoms with Crippen molar-refractivity contribution >= 4 is 22.9 Å². The van der Waals surface area contributed by atoms with Crippen LogP contribution in [-0.4, -0.2) is 16.5 Å². The van der Waals surface area contributed by atoms with Crippen molar-refractivity contribution in [2.45, 2.75) is 19.4 Å². The number of aromatic amines is 1. The van der Waals surface area contributed by atoms with Crippen LogP contribution in [0, 0.1) is 0 Å². The summed E-state index contributed by atoms with van der Waals surface area (Å²) in [5.41, 5.74) is 0. The first kappa shape index (κ1) is 11.6. The first-order valence-corrected chi connectivity index (χ1v) is 6.51. The molecule has 1 unspecified atom stereocenters. The monoisotopic (exact) mass is 255 g/mol. The second-order valence-corrected chi connectivity index (χ2v) is 4.84. The summed E-state index contributed by atoms with van der Waals surface area (Å²) in [6.45, 7) is 3.01. The van der Waals surface area contributed by atoms with Crippen molar-refractivity contribution in [2.24, 2.45) is 0 Å². The van der Waals surface area contributed by atoms with Gasteiger partial charge >= 0.3 is 0 Å². The largest absolute Gasteiger partial charge is 0.349 e. The molecule has 2 rings (SSSR count). The fourth-order valence-electron chi connectivity index (χ4n) is 1.66. The molecule has 2 aromatic rings. The number of nitrogens with zero attached hydrogens (tertiary/aromatic N) is 1. The second kappa shape index (κ2) is 5.48. The first-order valence-electron chi connectivity index (χ1n) is 5.25. The molecule has 16 heavy (non-hydrogen) atoms. The zero-order chi connectivity index (χ0) is 11.4. The van der Waals surface area contributed by atoms with Gasteiger partial charge in [0.25, 0.3) is 0 Å². The zero-order valence-electron chi connectivity index (χ0n) is 9.03. The van der Waals surface area contributed by atoms with E-state index >= 15 is 0 Å². The molecular formula is C11H14ClN3S. The molecule has 2 N–H and O–H groups in total. The average Bonchev–Trinajstić information content (AvgIpc) is 2.88. The van der Waals surface area contributed by atoms with E-state index in [1.54, 1.807) is 17.5 Å². The molecule has 86 valence electrons. The lowest BCUT2D eigenvalue weighted by molar-refractivity contribution is 0.547. The minimum atomic E-state index is 0.239. The average molecular weight is 256 g/mol. The molecule has 0 saturated heterocycles. The van der Waals surface area contributed by atoms with E-state index in [1.165, 1.54) is 4.88 Å². The molecule has 3 nitrogen and oxygen atoms in total. The van der Waals surface area contributed by atoms with Gasteiger partial charge in [0.2, 0.25) is 0 Å². The number of rotatable bonds is 5. The highest BCUT2D eigenvalue weighted by atomic mass is 35.5. The maximum atomic E-state index is 6.15. The highest BCUT2D eigenvalue weighted by Crippen LogP contribution is 2.30. The van der Waals surface area contributed by atoms with E-state index in [0.29, 0.717) is 0 Å². The van der Waals surface area contributed by atoms with E-state index in [9.17, 15) is 0 Å². The molecule has 0 aliphatic heterocycles. The van der Waals surface area contributed by atoms with Crippen molar-refractivity contribution in [2.75, 3.05) is 6.54 Å². The number of imidazole rings is 1. The molecular weight excluding hydrogens is 242 g/mol. The zero-order valence-corrected chi connectivity index (χ0v) is 10.6. The summed E-state index contributed by atoms with van der Waals surface area (Å²) in [7, 11) is 0. The van der Waals surface area contributed by atoms with E-state index in [0.717, 1.165) is 23.8 Å². The predicted octanol–water partition coefficient (Wildman–Crippen LogP) is 3.02. The Hall–Kier alpha value is -0.840. The molecule has 0 aromatic carbocycles. The Morgan fingerprint density at radius 3 is 3.06 bits per heavy atom. The van der Waals surface area contributed by atoms with Crippen LogP contribution in [-0.2, 0) is 6.42 Å². The summed E-state index contributed by atoms with van der Waals surface area (Å²) < 4.78 is 0. The smallest absolute Gasteiger partial charge is 0.107 e. The van der Waals surface area contributed by atoms with Gasteiger partial charge in [-0.05, 0) is 18.0 Å². The maximum Gasteiger partial charge on any atom is 0.107 e.